The fourth-order valence-electron chi connectivity index (χ4n) is 4.13. The zero-order valence-corrected chi connectivity index (χ0v) is 15.6. The Morgan fingerprint density at radius 1 is 1.27 bits per heavy atom. The number of thiophene rings is 1. The molecule has 0 radical (unpaired) electrons. The molecule has 1 amide bonds. The van der Waals surface area contributed by atoms with E-state index in [1.54, 1.807) is 18.2 Å². The lowest BCUT2D eigenvalue weighted by Gasteiger charge is -2.36. The van der Waals surface area contributed by atoms with E-state index in [1.807, 2.05) is 16.8 Å². The Bertz CT molecular complexity index is 753. The monoisotopic (exact) mass is 374 g/mol. The van der Waals surface area contributed by atoms with Crippen LogP contribution in [0.15, 0.2) is 41.1 Å². The first-order valence-electron chi connectivity index (χ1n) is 9.07. The lowest BCUT2D eigenvalue weighted by atomic mass is 10.0. The van der Waals surface area contributed by atoms with Gasteiger partial charge in [-0.05, 0) is 37.4 Å². The first-order chi connectivity index (χ1) is 12.6. The second kappa shape index (κ2) is 7.37. The SMILES string of the molecule is CN1C2CCC1CC(OC(=O)N(Cc1ccccc1F)c1ccsc1)C2. The normalized spacial score (nSPS) is 25.2. The van der Waals surface area contributed by atoms with Gasteiger partial charge in [0.15, 0.2) is 0 Å². The van der Waals surface area contributed by atoms with Crippen LogP contribution in [-0.4, -0.2) is 36.2 Å². The number of carbonyl (C=O) groups excluding carboxylic acids is 1. The Morgan fingerprint density at radius 3 is 2.65 bits per heavy atom. The quantitative estimate of drug-likeness (QED) is 0.781. The summed E-state index contributed by atoms with van der Waals surface area (Å²) in [4.78, 5) is 16.9. The summed E-state index contributed by atoms with van der Waals surface area (Å²) in [6.45, 7) is 0.168. The van der Waals surface area contributed by atoms with Gasteiger partial charge in [0.1, 0.15) is 11.9 Å². The number of nitrogens with zero attached hydrogens (tertiary/aromatic N) is 2. The summed E-state index contributed by atoms with van der Waals surface area (Å²) < 4.78 is 19.9. The largest absolute Gasteiger partial charge is 0.446 e. The smallest absolute Gasteiger partial charge is 0.414 e. The molecule has 138 valence electrons. The summed E-state index contributed by atoms with van der Waals surface area (Å²) in [5, 5.41) is 3.80. The molecular weight excluding hydrogens is 351 g/mol. The van der Waals surface area contributed by atoms with Crippen LogP contribution in [0.4, 0.5) is 14.9 Å². The van der Waals surface area contributed by atoms with E-state index >= 15 is 0 Å². The maximum absolute atomic E-state index is 14.1. The van der Waals surface area contributed by atoms with Crippen LogP contribution in [0.2, 0.25) is 0 Å². The fourth-order valence-corrected chi connectivity index (χ4v) is 4.77. The number of ether oxygens (including phenoxy) is 1. The first-order valence-corrected chi connectivity index (χ1v) is 10.0. The van der Waals surface area contributed by atoms with Gasteiger partial charge in [-0.2, -0.15) is 11.3 Å². The summed E-state index contributed by atoms with van der Waals surface area (Å²) in [5.74, 6) is -0.308. The van der Waals surface area contributed by atoms with E-state index in [0.29, 0.717) is 17.6 Å². The molecule has 1 aromatic heterocycles. The van der Waals surface area contributed by atoms with Gasteiger partial charge in [-0.1, -0.05) is 18.2 Å². The maximum atomic E-state index is 14.1. The van der Waals surface area contributed by atoms with Gasteiger partial charge >= 0.3 is 6.09 Å². The number of hydrogen-bond donors (Lipinski definition) is 0. The summed E-state index contributed by atoms with van der Waals surface area (Å²) in [5.41, 5.74) is 1.23. The van der Waals surface area contributed by atoms with Crippen molar-refractivity contribution in [3.05, 3.63) is 52.5 Å². The molecule has 0 aliphatic carbocycles. The Kier molecular flexibility index (Phi) is 4.96. The van der Waals surface area contributed by atoms with E-state index in [9.17, 15) is 9.18 Å². The van der Waals surface area contributed by atoms with Crippen LogP contribution in [0, 0.1) is 5.82 Å². The van der Waals surface area contributed by atoms with Crippen LogP contribution >= 0.6 is 11.3 Å². The van der Waals surface area contributed by atoms with Crippen LogP contribution in [-0.2, 0) is 11.3 Å². The van der Waals surface area contributed by atoms with Gasteiger partial charge in [0.2, 0.25) is 0 Å². The van der Waals surface area contributed by atoms with Crippen LogP contribution in [0.25, 0.3) is 0 Å². The number of piperidine rings is 1. The molecule has 2 fully saturated rings. The highest BCUT2D eigenvalue weighted by atomic mass is 32.1. The number of hydrogen-bond acceptors (Lipinski definition) is 4. The highest BCUT2D eigenvalue weighted by Gasteiger charge is 2.40. The molecule has 2 atom stereocenters. The van der Waals surface area contributed by atoms with Crippen molar-refractivity contribution < 1.29 is 13.9 Å². The molecule has 4 nitrogen and oxygen atoms in total. The topological polar surface area (TPSA) is 32.8 Å². The predicted molar refractivity (Wildman–Crippen MR) is 101 cm³/mol. The van der Waals surface area contributed by atoms with Crippen molar-refractivity contribution in [2.75, 3.05) is 11.9 Å². The first kappa shape index (κ1) is 17.5. The van der Waals surface area contributed by atoms with E-state index in [4.69, 9.17) is 4.74 Å². The van der Waals surface area contributed by atoms with Crippen LogP contribution in [0.1, 0.15) is 31.2 Å². The Labute approximate surface area is 157 Å². The molecule has 2 aliphatic rings. The standard InChI is InChI=1S/C20H23FN2O2S/c1-22-15-6-7-16(22)11-18(10-15)25-20(24)23(17-8-9-26-13-17)12-14-4-2-3-5-19(14)21/h2-5,8-9,13,15-16,18H,6-7,10-12H2,1H3. The minimum atomic E-state index is -0.388. The number of benzene rings is 1. The number of rotatable bonds is 4. The molecule has 4 rings (SSSR count). The minimum Gasteiger partial charge on any atom is -0.446 e. The van der Waals surface area contributed by atoms with Crippen molar-refractivity contribution in [1.29, 1.82) is 0 Å². The lowest BCUT2D eigenvalue weighted by molar-refractivity contribution is 0.0314. The Morgan fingerprint density at radius 2 is 2.00 bits per heavy atom. The van der Waals surface area contributed by atoms with Gasteiger partial charge in [-0.3, -0.25) is 4.90 Å². The summed E-state index contributed by atoms with van der Waals surface area (Å²) >= 11 is 1.51. The van der Waals surface area contributed by atoms with Crippen molar-refractivity contribution in [2.45, 2.75) is 50.4 Å². The number of carbonyl (C=O) groups is 1. The molecule has 0 N–H and O–H groups in total. The van der Waals surface area contributed by atoms with E-state index in [2.05, 4.69) is 11.9 Å². The van der Waals surface area contributed by atoms with E-state index in [1.165, 1.54) is 35.1 Å². The van der Waals surface area contributed by atoms with Crippen molar-refractivity contribution in [3.8, 4) is 0 Å². The number of halogens is 1. The summed E-state index contributed by atoms with van der Waals surface area (Å²) in [6.07, 6.45) is 3.68. The van der Waals surface area contributed by atoms with Crippen molar-refractivity contribution in [1.82, 2.24) is 4.90 Å². The van der Waals surface area contributed by atoms with Gasteiger partial charge in [0, 0.05) is 35.9 Å². The lowest BCUT2D eigenvalue weighted by Crippen LogP contribution is -2.45. The zero-order chi connectivity index (χ0) is 18.1. The highest BCUT2D eigenvalue weighted by Crippen LogP contribution is 2.36. The van der Waals surface area contributed by atoms with Crippen LogP contribution in [0.5, 0.6) is 0 Å². The maximum Gasteiger partial charge on any atom is 0.414 e. The van der Waals surface area contributed by atoms with Crippen LogP contribution < -0.4 is 4.90 Å². The predicted octanol–water partition coefficient (Wildman–Crippen LogP) is 4.66. The molecule has 2 aromatic rings. The molecule has 26 heavy (non-hydrogen) atoms. The van der Waals surface area contributed by atoms with E-state index < -0.39 is 0 Å². The third-order valence-corrected chi connectivity index (χ3v) is 6.32. The van der Waals surface area contributed by atoms with Gasteiger partial charge in [0.25, 0.3) is 0 Å². The van der Waals surface area contributed by atoms with Crippen molar-refractivity contribution in [3.63, 3.8) is 0 Å². The molecule has 3 heterocycles. The molecule has 6 heteroatoms. The Balaban J connectivity index is 1.49. The van der Waals surface area contributed by atoms with Gasteiger partial charge in [-0.15, -0.1) is 0 Å². The second-order valence-corrected chi connectivity index (χ2v) is 7.97. The average molecular weight is 374 g/mol. The van der Waals surface area contributed by atoms with Gasteiger partial charge in [-0.25, -0.2) is 9.18 Å². The highest BCUT2D eigenvalue weighted by molar-refractivity contribution is 7.08. The van der Waals surface area contributed by atoms with E-state index in [0.717, 1.165) is 18.5 Å². The zero-order valence-electron chi connectivity index (χ0n) is 14.8. The minimum absolute atomic E-state index is 0.0574. The molecule has 2 bridgehead atoms. The third-order valence-electron chi connectivity index (χ3n) is 5.65. The number of anilines is 1. The van der Waals surface area contributed by atoms with Gasteiger partial charge in [0.05, 0.1) is 12.2 Å². The molecule has 0 spiro atoms. The summed E-state index contributed by atoms with van der Waals surface area (Å²) in [6, 6.07) is 9.44. The van der Waals surface area contributed by atoms with Crippen molar-refractivity contribution >= 4 is 23.1 Å². The molecule has 2 saturated heterocycles. The fraction of sp³-hybridized carbons (Fsp3) is 0.450. The van der Waals surface area contributed by atoms with Gasteiger partial charge < -0.3 is 9.64 Å². The molecular formula is C20H23FN2O2S. The number of fused-ring (bicyclic) bond motifs is 2. The Hall–Kier alpha value is -1.92. The second-order valence-electron chi connectivity index (χ2n) is 7.19. The molecule has 0 saturated carbocycles. The third kappa shape index (κ3) is 3.48. The van der Waals surface area contributed by atoms with Crippen molar-refractivity contribution in [2.24, 2.45) is 0 Å². The molecule has 1 aromatic carbocycles. The average Bonchev–Trinajstić information content (AvgIpc) is 3.21. The van der Waals surface area contributed by atoms with E-state index in [-0.39, 0.29) is 24.6 Å². The summed E-state index contributed by atoms with van der Waals surface area (Å²) in [7, 11) is 2.16. The molecule has 2 unspecified atom stereocenters. The molecule has 2 aliphatic heterocycles. The number of amides is 1. The van der Waals surface area contributed by atoms with Crippen LogP contribution in [0.3, 0.4) is 0 Å².